The van der Waals surface area contributed by atoms with Gasteiger partial charge in [0.1, 0.15) is 58.1 Å². The fourth-order valence-electron chi connectivity index (χ4n) is 8.30. The van der Waals surface area contributed by atoms with Crippen LogP contribution in [-0.2, 0) is 12.6 Å². The molecule has 0 saturated carbocycles. The highest BCUT2D eigenvalue weighted by Gasteiger charge is 2.49. The number of halogens is 6. The average Bonchev–Trinajstić information content (AvgIpc) is 3.83. The molecule has 294 valence electrons. The number of aromatic nitrogens is 3. The molecule has 57 heavy (non-hydrogen) atoms. The van der Waals surface area contributed by atoms with E-state index in [9.17, 15) is 14.8 Å². The van der Waals surface area contributed by atoms with Gasteiger partial charge in [0, 0.05) is 35.7 Å². The van der Waals surface area contributed by atoms with Gasteiger partial charge in [0.25, 0.3) is 0 Å². The Morgan fingerprint density at radius 3 is 2.61 bits per heavy atom. The molecule has 3 aromatic heterocycles. The number of nitriles is 1. The predicted octanol–water partition coefficient (Wildman–Crippen LogP) is 8.69. The number of anilines is 3. The average molecular weight is 805 g/mol. The van der Waals surface area contributed by atoms with Crippen molar-refractivity contribution in [1.82, 2.24) is 19.9 Å². The van der Waals surface area contributed by atoms with E-state index in [0.29, 0.717) is 36.3 Å². The van der Waals surface area contributed by atoms with E-state index in [1.165, 1.54) is 6.20 Å². The second-order valence-electron chi connectivity index (χ2n) is 14.3. The van der Waals surface area contributed by atoms with Crippen LogP contribution in [0.3, 0.4) is 0 Å². The molecular weight excluding hydrogens is 771 g/mol. The maximum Gasteiger partial charge on any atom is 0.420 e. The van der Waals surface area contributed by atoms with Crippen LogP contribution in [0.25, 0.3) is 32.1 Å². The molecule has 0 bridgehead atoms. The zero-order chi connectivity index (χ0) is 40.2. The third-order valence-corrected chi connectivity index (χ3v) is 11.9. The standard InChI is InChI=1S/C40H34F6N8O2S/c41-21-16-39(13-5-15-54(39)18-21)19-56-38-52-32-29(37(53-38)51-26(22-8-4-14-50-35(22)48)12-9-20-6-2-1-3-7-20)33(55)30(40(44,45)46)28(31(32)43)23-10-11-25(42)34-27(23)24(17-47)36(49)57-34/h1-4,6-8,10-11,14,21,26,55H,5,9,12-13,15-16,18-19,49H2,(H2,48,50)(H,51,52,53)/t21-,26-,39+/m1/s1. The van der Waals surface area contributed by atoms with Gasteiger partial charge in [-0.2, -0.15) is 28.4 Å². The number of pyridine rings is 1. The van der Waals surface area contributed by atoms with Crippen LogP contribution in [0.15, 0.2) is 60.8 Å². The van der Waals surface area contributed by atoms with Crippen molar-refractivity contribution in [1.29, 1.82) is 5.26 Å². The molecule has 0 amide bonds. The molecule has 6 N–H and O–H groups in total. The van der Waals surface area contributed by atoms with Crippen molar-refractivity contribution in [2.24, 2.45) is 0 Å². The maximum atomic E-state index is 17.4. The lowest BCUT2D eigenvalue weighted by molar-refractivity contribution is -0.138. The summed E-state index contributed by atoms with van der Waals surface area (Å²) < 4.78 is 98.8. The summed E-state index contributed by atoms with van der Waals surface area (Å²) in [4.78, 5) is 14.8. The molecule has 0 aliphatic carbocycles. The Labute approximate surface area is 325 Å². The maximum absolute atomic E-state index is 17.4. The smallest absolute Gasteiger partial charge is 0.420 e. The SMILES string of the molecule is N#Cc1c(N)sc2c(F)ccc(-c3c(C(F)(F)F)c(O)c4c(N[C@H](CCc5ccccc5)c5cccnc5N)nc(OC[C@@]56CCCN5C[C@H](F)C6)nc4c3F)c12. The summed E-state index contributed by atoms with van der Waals surface area (Å²) in [5.74, 6) is -4.19. The van der Waals surface area contributed by atoms with E-state index in [-0.39, 0.29) is 52.5 Å². The van der Waals surface area contributed by atoms with Crippen molar-refractivity contribution in [3.8, 4) is 29.0 Å². The van der Waals surface area contributed by atoms with Gasteiger partial charge in [-0.15, -0.1) is 11.3 Å². The number of benzene rings is 3. The van der Waals surface area contributed by atoms with E-state index in [1.807, 2.05) is 35.2 Å². The summed E-state index contributed by atoms with van der Waals surface area (Å²) in [6.45, 7) is 0.742. The number of fused-ring (bicyclic) bond motifs is 3. The number of phenols is 1. The number of nitrogen functional groups attached to an aromatic ring is 2. The van der Waals surface area contributed by atoms with Crippen LogP contribution in [0.4, 0.5) is 43.0 Å². The summed E-state index contributed by atoms with van der Waals surface area (Å²) >= 11 is 0.618. The molecule has 2 aliphatic rings. The molecule has 3 aromatic carbocycles. The second kappa shape index (κ2) is 14.6. The minimum absolute atomic E-state index is 0.106. The van der Waals surface area contributed by atoms with Gasteiger partial charge in [0.2, 0.25) is 0 Å². The summed E-state index contributed by atoms with van der Waals surface area (Å²) in [5.41, 5.74) is 8.30. The van der Waals surface area contributed by atoms with Crippen molar-refractivity contribution in [3.05, 3.63) is 94.7 Å². The lowest BCUT2D eigenvalue weighted by atomic mass is 9.91. The number of alkyl halides is 4. The third-order valence-electron chi connectivity index (χ3n) is 10.9. The first-order chi connectivity index (χ1) is 27.3. The Bertz CT molecular complexity index is 2560. The zero-order valence-corrected chi connectivity index (χ0v) is 30.8. The number of hydrogen-bond acceptors (Lipinski definition) is 11. The van der Waals surface area contributed by atoms with Gasteiger partial charge in [-0.25, -0.2) is 18.2 Å². The number of hydrogen-bond donors (Lipinski definition) is 4. The van der Waals surface area contributed by atoms with Crippen LogP contribution in [0, 0.1) is 23.0 Å². The summed E-state index contributed by atoms with van der Waals surface area (Å²) in [6.07, 6.45) is -2.74. The first-order valence-corrected chi connectivity index (χ1v) is 18.9. The number of aromatic hydroxyl groups is 1. The van der Waals surface area contributed by atoms with Crippen molar-refractivity contribution in [2.75, 3.05) is 36.5 Å². The van der Waals surface area contributed by atoms with E-state index in [4.69, 9.17) is 16.2 Å². The van der Waals surface area contributed by atoms with Gasteiger partial charge in [-0.3, -0.25) is 4.90 Å². The lowest BCUT2D eigenvalue weighted by Crippen LogP contribution is -2.43. The van der Waals surface area contributed by atoms with Gasteiger partial charge in [-0.1, -0.05) is 42.5 Å². The molecule has 2 saturated heterocycles. The lowest BCUT2D eigenvalue weighted by Gasteiger charge is -2.31. The first-order valence-electron chi connectivity index (χ1n) is 18.1. The van der Waals surface area contributed by atoms with Gasteiger partial charge in [-0.05, 0) is 55.5 Å². The van der Waals surface area contributed by atoms with E-state index < -0.39 is 80.7 Å². The molecule has 6 aromatic rings. The monoisotopic (exact) mass is 804 g/mol. The molecule has 5 heterocycles. The van der Waals surface area contributed by atoms with E-state index in [1.54, 1.807) is 18.2 Å². The van der Waals surface area contributed by atoms with Crippen LogP contribution in [0.5, 0.6) is 11.8 Å². The van der Waals surface area contributed by atoms with Crippen LogP contribution < -0.4 is 21.5 Å². The van der Waals surface area contributed by atoms with Crippen LogP contribution in [0.1, 0.15) is 54.0 Å². The molecule has 8 rings (SSSR count). The van der Waals surface area contributed by atoms with Gasteiger partial charge >= 0.3 is 12.2 Å². The largest absolute Gasteiger partial charge is 0.506 e. The zero-order valence-electron chi connectivity index (χ0n) is 30.0. The minimum atomic E-state index is -5.41. The normalized spacial score (nSPS) is 18.9. The van der Waals surface area contributed by atoms with E-state index >= 15 is 22.0 Å². The summed E-state index contributed by atoms with van der Waals surface area (Å²) in [7, 11) is 0. The number of nitrogens with two attached hydrogens (primary N) is 2. The van der Waals surface area contributed by atoms with Crippen molar-refractivity contribution < 1.29 is 36.2 Å². The molecular formula is C40H34F6N8O2S. The van der Waals surface area contributed by atoms with E-state index in [2.05, 4.69) is 20.3 Å². The Morgan fingerprint density at radius 2 is 1.88 bits per heavy atom. The van der Waals surface area contributed by atoms with Crippen LogP contribution in [0.2, 0.25) is 0 Å². The highest BCUT2D eigenvalue weighted by atomic mass is 32.1. The van der Waals surface area contributed by atoms with Gasteiger partial charge < -0.3 is 26.6 Å². The highest BCUT2D eigenvalue weighted by molar-refractivity contribution is 7.23. The number of thiophene rings is 1. The second-order valence-corrected chi connectivity index (χ2v) is 15.4. The number of aryl methyl sites for hydroxylation is 1. The van der Waals surface area contributed by atoms with Crippen LogP contribution in [-0.4, -0.2) is 56.4 Å². The molecule has 0 unspecified atom stereocenters. The number of phenolic OH excluding ortho intramolecular Hbond substituents is 1. The fraction of sp³-hybridized carbons (Fsp3) is 0.300. The Morgan fingerprint density at radius 1 is 1.09 bits per heavy atom. The van der Waals surface area contributed by atoms with Crippen LogP contribution >= 0.6 is 11.3 Å². The fourth-order valence-corrected chi connectivity index (χ4v) is 9.25. The summed E-state index contributed by atoms with van der Waals surface area (Å²) in [5, 5.41) is 23.5. The molecule has 3 atom stereocenters. The Kier molecular flexibility index (Phi) is 9.73. The number of ether oxygens (including phenoxy) is 1. The molecule has 2 aliphatic heterocycles. The molecule has 10 nitrogen and oxygen atoms in total. The molecule has 17 heteroatoms. The predicted molar refractivity (Wildman–Crippen MR) is 204 cm³/mol. The van der Waals surface area contributed by atoms with Gasteiger partial charge in [0.15, 0.2) is 5.82 Å². The number of nitrogens with zero attached hydrogens (tertiary/aromatic N) is 5. The number of nitrogens with one attached hydrogen (secondary N) is 1. The Balaban J connectivity index is 1.36. The van der Waals surface area contributed by atoms with E-state index in [0.717, 1.165) is 24.1 Å². The first kappa shape index (κ1) is 38.0. The van der Waals surface area contributed by atoms with Crippen molar-refractivity contribution in [3.63, 3.8) is 0 Å². The Hall–Kier alpha value is -5.86. The minimum Gasteiger partial charge on any atom is -0.506 e. The topological polar surface area (TPSA) is 159 Å². The number of rotatable bonds is 10. The quantitative estimate of drug-likeness (QED) is 0.0988. The molecule has 0 spiro atoms. The van der Waals surface area contributed by atoms with Gasteiger partial charge in [0.05, 0.1) is 27.2 Å². The van der Waals surface area contributed by atoms with Crippen molar-refractivity contribution >= 4 is 49.0 Å². The third kappa shape index (κ3) is 6.76. The summed E-state index contributed by atoms with van der Waals surface area (Å²) in [6, 6.07) is 14.9. The molecule has 0 radical (unpaired) electrons. The van der Waals surface area contributed by atoms with Crippen molar-refractivity contribution in [2.45, 2.75) is 56.0 Å². The highest BCUT2D eigenvalue weighted by Crippen LogP contribution is 2.52. The molecule has 2 fully saturated rings.